The van der Waals surface area contributed by atoms with Crippen molar-refractivity contribution < 1.29 is 43.3 Å². The lowest BCUT2D eigenvalue weighted by Gasteiger charge is -2.34. The molecule has 1 aliphatic rings. The molecular formula is C48H62N15O9+. The first-order chi connectivity index (χ1) is 34.6. The smallest absolute Gasteiger partial charge is 0.276 e. The molecule has 0 spiro atoms. The van der Waals surface area contributed by atoms with Crippen molar-refractivity contribution in [3.63, 3.8) is 0 Å². The molecule has 0 aliphatic carbocycles. The first-order valence-corrected chi connectivity index (χ1v) is 23.8. The first-order valence-electron chi connectivity index (χ1n) is 23.8. The summed E-state index contributed by atoms with van der Waals surface area (Å²) >= 11 is 0. The zero-order valence-electron chi connectivity index (χ0n) is 41.1. The molecule has 0 unspecified atom stereocenters. The summed E-state index contributed by atoms with van der Waals surface area (Å²) in [5.74, 6) is -1.71. The number of aromatic nitrogens is 8. The molecule has 0 bridgehead atoms. The number of fused-ring (bicyclic) bond motifs is 2. The van der Waals surface area contributed by atoms with Crippen molar-refractivity contribution in [1.82, 2.24) is 53.8 Å². The quantitative estimate of drug-likeness (QED) is 0.0349. The number of primary amides is 2. The number of carbonyl (C=O) groups excluding carboxylic acids is 6. The van der Waals surface area contributed by atoms with Crippen LogP contribution < -0.4 is 36.9 Å². The second-order valence-electron chi connectivity index (χ2n) is 17.1. The van der Waals surface area contributed by atoms with E-state index in [4.69, 9.17) is 36.0 Å². The van der Waals surface area contributed by atoms with Crippen LogP contribution >= 0.6 is 0 Å². The Kier molecular flexibility index (Phi) is 16.7. The van der Waals surface area contributed by atoms with Gasteiger partial charge in [0.15, 0.2) is 6.61 Å². The SMILES string of the molecule is CCn1nc(C)cc1C(=O)Nc1nc2cc(C(N)=O)cc(OC)c2n1C/C=C/Cn1c(NC(=O)c2cc(C)nn2CC)nc2cc(C(N)=O)cc(OCCCN3CCN(C(=O)CCC(=O)NCC[OH2+])CC3)c21. The summed E-state index contributed by atoms with van der Waals surface area (Å²) in [6, 6.07) is 9.48. The highest BCUT2D eigenvalue weighted by atomic mass is 16.5. The maximum Gasteiger partial charge on any atom is 0.276 e. The van der Waals surface area contributed by atoms with Gasteiger partial charge in [0.05, 0.1) is 42.7 Å². The lowest BCUT2D eigenvalue weighted by molar-refractivity contribution is -0.135. The summed E-state index contributed by atoms with van der Waals surface area (Å²) < 4.78 is 18.8. The molecule has 6 amide bonds. The lowest BCUT2D eigenvalue weighted by atomic mass is 10.1. The third-order valence-electron chi connectivity index (χ3n) is 12.1. The van der Waals surface area contributed by atoms with Gasteiger partial charge < -0.3 is 45.4 Å². The second kappa shape index (κ2) is 23.2. The molecule has 2 aromatic carbocycles. The molecule has 24 heteroatoms. The van der Waals surface area contributed by atoms with Crippen LogP contribution in [0.4, 0.5) is 11.9 Å². The van der Waals surface area contributed by atoms with Crippen molar-refractivity contribution >= 4 is 69.4 Å². The Morgan fingerprint density at radius 2 is 1.24 bits per heavy atom. The van der Waals surface area contributed by atoms with Crippen molar-refractivity contribution in [1.29, 1.82) is 0 Å². The standard InChI is InChI=1S/C48H61N15O9/c1-6-62-35(23-29(3)56-62)45(69)54-47-52-33-25-31(43(49)67)27-37(71-5)41(33)60(47)15-8-9-16-61-42-34(53-48(61)55-46(70)36-24-30(4)57-63(36)7-2)26-32(44(50)68)28-38(42)72-22-10-14-58-17-19-59(20-18-58)40(66)12-11-39(65)51-13-21-64/h8-9,23-28,64H,6-7,10-22H2,1-5H3,(H2,49,67)(H2,50,68)(H,51,65)(H,52,54,69)(H,53,55,70)/p+1/b9-8+. The summed E-state index contributed by atoms with van der Waals surface area (Å²) in [5, 5.41) is 24.5. The molecule has 382 valence electrons. The van der Waals surface area contributed by atoms with E-state index >= 15 is 0 Å². The molecule has 72 heavy (non-hydrogen) atoms. The van der Waals surface area contributed by atoms with Crippen LogP contribution in [-0.2, 0) is 35.8 Å². The van der Waals surface area contributed by atoms with Crippen LogP contribution in [0.25, 0.3) is 22.1 Å². The maximum atomic E-state index is 13.9. The highest BCUT2D eigenvalue weighted by Crippen LogP contribution is 2.33. The average molecular weight is 993 g/mol. The lowest BCUT2D eigenvalue weighted by Crippen LogP contribution is -2.49. The highest BCUT2D eigenvalue weighted by Gasteiger charge is 2.25. The summed E-state index contributed by atoms with van der Waals surface area (Å²) in [5.41, 5.74) is 15.4. The van der Waals surface area contributed by atoms with Gasteiger partial charge in [0.2, 0.25) is 35.5 Å². The minimum absolute atomic E-state index is 0.0819. The monoisotopic (exact) mass is 992 g/mol. The Bertz CT molecular complexity index is 3030. The Balaban J connectivity index is 1.15. The molecule has 4 aromatic heterocycles. The summed E-state index contributed by atoms with van der Waals surface area (Å²) in [6.07, 6.45) is 4.45. The van der Waals surface area contributed by atoms with E-state index in [1.165, 1.54) is 25.3 Å². The number of allylic oxidation sites excluding steroid dienone is 2. The number of imidazole rings is 2. The number of amides is 6. The number of nitrogens with one attached hydrogen (secondary N) is 3. The number of nitrogens with zero attached hydrogens (tertiary/aromatic N) is 10. The van der Waals surface area contributed by atoms with Crippen molar-refractivity contribution in [3.8, 4) is 11.5 Å². The van der Waals surface area contributed by atoms with Crippen molar-refractivity contribution in [2.75, 3.05) is 70.2 Å². The van der Waals surface area contributed by atoms with Crippen LogP contribution in [0.5, 0.6) is 11.5 Å². The number of rotatable bonds is 23. The van der Waals surface area contributed by atoms with Gasteiger partial charge in [-0.15, -0.1) is 0 Å². The molecule has 1 aliphatic heterocycles. The number of aryl methyl sites for hydroxylation is 4. The molecule has 9 N–H and O–H groups in total. The molecular weight excluding hydrogens is 931 g/mol. The molecule has 5 heterocycles. The van der Waals surface area contributed by atoms with E-state index in [0.29, 0.717) is 109 Å². The minimum Gasteiger partial charge on any atom is -0.494 e. The molecule has 6 aromatic rings. The first kappa shape index (κ1) is 51.7. The number of ether oxygens (including phenoxy) is 2. The van der Waals surface area contributed by atoms with Crippen LogP contribution in [0.2, 0.25) is 0 Å². The number of piperazine rings is 1. The van der Waals surface area contributed by atoms with E-state index < -0.39 is 23.6 Å². The second-order valence-corrected chi connectivity index (χ2v) is 17.1. The number of hydrogen-bond acceptors (Lipinski definition) is 13. The van der Waals surface area contributed by atoms with Gasteiger partial charge in [-0.1, -0.05) is 12.2 Å². The molecule has 1 fully saturated rings. The van der Waals surface area contributed by atoms with Gasteiger partial charge in [-0.05, 0) is 70.5 Å². The van der Waals surface area contributed by atoms with Gasteiger partial charge >= 0.3 is 0 Å². The summed E-state index contributed by atoms with van der Waals surface area (Å²) in [4.78, 5) is 90.9. The maximum absolute atomic E-state index is 13.9. The molecule has 7 rings (SSSR count). The van der Waals surface area contributed by atoms with E-state index in [1.807, 2.05) is 26.0 Å². The van der Waals surface area contributed by atoms with E-state index in [-0.39, 0.29) is 80.5 Å². The number of nitrogens with two attached hydrogens (primary N) is 2. The molecule has 0 radical (unpaired) electrons. The van der Waals surface area contributed by atoms with Gasteiger partial charge in [-0.3, -0.25) is 53.7 Å². The fourth-order valence-corrected chi connectivity index (χ4v) is 8.55. The Morgan fingerprint density at radius 3 is 1.72 bits per heavy atom. The molecule has 0 saturated carbocycles. The molecule has 1 saturated heterocycles. The predicted molar refractivity (Wildman–Crippen MR) is 267 cm³/mol. The minimum atomic E-state index is -0.701. The van der Waals surface area contributed by atoms with Crippen molar-refractivity contribution in [2.45, 2.75) is 73.1 Å². The van der Waals surface area contributed by atoms with Gasteiger partial charge in [0.25, 0.3) is 11.8 Å². The van der Waals surface area contributed by atoms with Crippen LogP contribution in [-0.4, -0.2) is 149 Å². The zero-order valence-corrected chi connectivity index (χ0v) is 41.1. The fraction of sp³-hybridized carbons (Fsp3) is 0.417. The van der Waals surface area contributed by atoms with Crippen LogP contribution in [0.3, 0.4) is 0 Å². The normalized spacial score (nSPS) is 13.0. The van der Waals surface area contributed by atoms with E-state index in [0.717, 1.165) is 0 Å². The van der Waals surface area contributed by atoms with Gasteiger partial charge in [-0.25, -0.2) is 9.97 Å². The van der Waals surface area contributed by atoms with Gasteiger partial charge in [-0.2, -0.15) is 10.2 Å². The fourth-order valence-electron chi connectivity index (χ4n) is 8.55. The third kappa shape index (κ3) is 11.9. The summed E-state index contributed by atoms with van der Waals surface area (Å²) in [6.45, 7) is 12.1. The summed E-state index contributed by atoms with van der Waals surface area (Å²) in [7, 11) is 1.45. The topological polar surface area (TPSA) is 310 Å². The largest absolute Gasteiger partial charge is 0.494 e. The van der Waals surface area contributed by atoms with Crippen LogP contribution in [0, 0.1) is 13.8 Å². The average Bonchev–Trinajstić information content (AvgIpc) is 4.14. The van der Waals surface area contributed by atoms with Crippen LogP contribution in [0.15, 0.2) is 48.6 Å². The molecule has 0 atom stereocenters. The Morgan fingerprint density at radius 1 is 0.722 bits per heavy atom. The number of hydrogen-bond donors (Lipinski definition) is 5. The highest BCUT2D eigenvalue weighted by molar-refractivity contribution is 6.05. The van der Waals surface area contributed by atoms with E-state index in [9.17, 15) is 28.8 Å². The van der Waals surface area contributed by atoms with Gasteiger partial charge in [0.1, 0.15) is 33.9 Å². The number of benzene rings is 2. The molecule has 24 nitrogen and oxygen atoms in total. The third-order valence-corrected chi connectivity index (χ3v) is 12.1. The predicted octanol–water partition coefficient (Wildman–Crippen LogP) is 1.94. The number of carbonyl (C=O) groups is 6. The van der Waals surface area contributed by atoms with Gasteiger partial charge in [0, 0.05) is 82.9 Å². The number of anilines is 2. The zero-order chi connectivity index (χ0) is 51.6. The number of methoxy groups -OCH3 is 1. The Labute approximate surface area is 414 Å². The van der Waals surface area contributed by atoms with E-state index in [1.54, 1.807) is 55.4 Å². The van der Waals surface area contributed by atoms with Crippen molar-refractivity contribution in [3.05, 3.63) is 82.5 Å². The van der Waals surface area contributed by atoms with Crippen LogP contribution in [0.1, 0.15) is 86.2 Å². The van der Waals surface area contributed by atoms with Crippen molar-refractivity contribution in [2.24, 2.45) is 11.5 Å². The van der Waals surface area contributed by atoms with E-state index in [2.05, 4.69) is 31.0 Å². The Hall–Kier alpha value is -8.12.